The molecule has 0 aliphatic heterocycles. The average Bonchev–Trinajstić information content (AvgIpc) is 3.66. The van der Waals surface area contributed by atoms with Gasteiger partial charge in [-0.15, -0.1) is 0 Å². The van der Waals surface area contributed by atoms with Gasteiger partial charge < -0.3 is 0 Å². The Hall–Kier alpha value is -8.19. The van der Waals surface area contributed by atoms with Crippen molar-refractivity contribution in [3.63, 3.8) is 0 Å². The lowest BCUT2D eigenvalue weighted by molar-refractivity contribution is 1.18. The van der Waals surface area contributed by atoms with Gasteiger partial charge in [-0.25, -0.2) is 9.97 Å². The molecule has 0 atom stereocenters. The molecule has 0 amide bonds. The molecule has 0 N–H and O–H groups in total. The van der Waals surface area contributed by atoms with Gasteiger partial charge in [0.15, 0.2) is 5.82 Å². The van der Waals surface area contributed by atoms with E-state index in [0.717, 1.165) is 61.5 Å². The zero-order valence-corrected chi connectivity index (χ0v) is 32.5. The molecule has 0 saturated heterocycles. The highest BCUT2D eigenvalue weighted by atomic mass is 14.9. The van der Waals surface area contributed by atoms with Gasteiger partial charge in [-0.1, -0.05) is 194 Å². The molecule has 278 valence electrons. The van der Waals surface area contributed by atoms with E-state index in [9.17, 15) is 5.26 Å². The van der Waals surface area contributed by atoms with Crippen molar-refractivity contribution in [2.45, 2.75) is 0 Å². The highest BCUT2D eigenvalue weighted by Gasteiger charge is 2.25. The second-order valence-electron chi connectivity index (χ2n) is 15.2. The van der Waals surface area contributed by atoms with Crippen molar-refractivity contribution in [1.29, 1.82) is 5.26 Å². The Bertz CT molecular complexity index is 3120. The Morgan fingerprint density at radius 2 is 0.633 bits per heavy atom. The molecule has 0 bridgehead atoms. The molecule has 1 aromatic heterocycles. The van der Waals surface area contributed by atoms with Gasteiger partial charge in [-0.2, -0.15) is 5.26 Å². The predicted molar refractivity (Wildman–Crippen MR) is 247 cm³/mol. The molecule has 0 unspecified atom stereocenters. The van der Waals surface area contributed by atoms with Crippen molar-refractivity contribution in [1.82, 2.24) is 9.97 Å². The van der Waals surface area contributed by atoms with Gasteiger partial charge in [0.25, 0.3) is 0 Å². The molecule has 3 heteroatoms. The largest absolute Gasteiger partial charge is 0.228 e. The summed E-state index contributed by atoms with van der Waals surface area (Å²) >= 11 is 0. The fraction of sp³-hybridized carbons (Fsp3) is 0. The maximum absolute atomic E-state index is 9.54. The SMILES string of the molecule is N#Cc1ccc(-c2ccc3c4c(ccc(-c5ccc(-c6cc(-c7ccc(-c8ccccc8)cc7)nc(-c7ccc(-c8ccccc8)cc7)n6)cc5)c24)-c2ccccc2-3)cc1. The zero-order chi connectivity index (χ0) is 40.0. The molecule has 0 fully saturated rings. The Labute approximate surface area is 349 Å². The van der Waals surface area contributed by atoms with E-state index < -0.39 is 0 Å². The number of benzene rings is 9. The van der Waals surface area contributed by atoms with Crippen molar-refractivity contribution in [2.24, 2.45) is 0 Å². The van der Waals surface area contributed by atoms with Crippen LogP contribution in [0.2, 0.25) is 0 Å². The van der Waals surface area contributed by atoms with E-state index in [4.69, 9.17) is 9.97 Å². The van der Waals surface area contributed by atoms with Gasteiger partial charge in [0.2, 0.25) is 0 Å². The molecular weight excluding hydrogens is 727 g/mol. The van der Waals surface area contributed by atoms with Crippen LogP contribution in [-0.4, -0.2) is 9.97 Å². The Morgan fingerprint density at radius 3 is 1.10 bits per heavy atom. The lowest BCUT2D eigenvalue weighted by atomic mass is 9.88. The summed E-state index contributed by atoms with van der Waals surface area (Å²) in [5.41, 5.74) is 19.6. The first kappa shape index (κ1) is 35.0. The zero-order valence-electron chi connectivity index (χ0n) is 32.5. The van der Waals surface area contributed by atoms with Crippen LogP contribution in [-0.2, 0) is 0 Å². The minimum absolute atomic E-state index is 0.650. The summed E-state index contributed by atoms with van der Waals surface area (Å²) < 4.78 is 0. The molecule has 0 saturated carbocycles. The Kier molecular flexibility index (Phi) is 8.54. The number of nitrogens with zero attached hydrogens (tertiary/aromatic N) is 3. The molecule has 3 nitrogen and oxygen atoms in total. The van der Waals surface area contributed by atoms with Gasteiger partial charge in [0, 0.05) is 16.7 Å². The highest BCUT2D eigenvalue weighted by molar-refractivity contribution is 6.22. The number of hydrogen-bond donors (Lipinski definition) is 0. The summed E-state index contributed by atoms with van der Waals surface area (Å²) in [5, 5.41) is 12.0. The summed E-state index contributed by atoms with van der Waals surface area (Å²) in [6, 6.07) is 76.9. The summed E-state index contributed by atoms with van der Waals surface area (Å²) in [6.07, 6.45) is 0. The van der Waals surface area contributed by atoms with E-state index in [1.165, 1.54) is 44.2 Å². The normalized spacial score (nSPS) is 11.3. The van der Waals surface area contributed by atoms with Gasteiger partial charge in [0.1, 0.15) is 0 Å². The van der Waals surface area contributed by atoms with E-state index in [1.54, 1.807) is 0 Å². The monoisotopic (exact) mass is 761 g/mol. The first-order valence-corrected chi connectivity index (χ1v) is 20.2. The summed E-state index contributed by atoms with van der Waals surface area (Å²) in [4.78, 5) is 10.4. The molecule has 11 rings (SSSR count). The topological polar surface area (TPSA) is 49.6 Å². The summed E-state index contributed by atoms with van der Waals surface area (Å²) in [7, 11) is 0. The molecule has 1 aliphatic rings. The molecule has 1 aliphatic carbocycles. The van der Waals surface area contributed by atoms with Gasteiger partial charge in [-0.3, -0.25) is 0 Å². The highest BCUT2D eigenvalue weighted by Crippen LogP contribution is 2.52. The minimum Gasteiger partial charge on any atom is -0.228 e. The minimum atomic E-state index is 0.650. The Morgan fingerprint density at radius 1 is 0.283 bits per heavy atom. The van der Waals surface area contributed by atoms with E-state index in [0.29, 0.717) is 11.4 Å². The third kappa shape index (κ3) is 6.16. The van der Waals surface area contributed by atoms with Gasteiger partial charge >= 0.3 is 0 Å². The van der Waals surface area contributed by atoms with Crippen LogP contribution in [0.5, 0.6) is 0 Å². The Balaban J connectivity index is 1.02. The summed E-state index contributed by atoms with van der Waals surface area (Å²) in [5.74, 6) is 0.678. The second kappa shape index (κ2) is 14.6. The first-order valence-electron chi connectivity index (χ1n) is 20.2. The molecular formula is C57H35N3. The average molecular weight is 762 g/mol. The van der Waals surface area contributed by atoms with Gasteiger partial charge in [-0.05, 0) is 95.7 Å². The van der Waals surface area contributed by atoms with Crippen LogP contribution >= 0.6 is 0 Å². The lowest BCUT2D eigenvalue weighted by Gasteiger charge is -2.15. The van der Waals surface area contributed by atoms with E-state index >= 15 is 0 Å². The second-order valence-corrected chi connectivity index (χ2v) is 15.2. The third-order valence-corrected chi connectivity index (χ3v) is 11.7. The van der Waals surface area contributed by atoms with Crippen LogP contribution in [0, 0.1) is 11.3 Å². The smallest absolute Gasteiger partial charge is 0.160 e. The van der Waals surface area contributed by atoms with Gasteiger partial charge in [0.05, 0.1) is 23.0 Å². The van der Waals surface area contributed by atoms with E-state index in [2.05, 4.69) is 194 Å². The van der Waals surface area contributed by atoms with Crippen LogP contribution in [0.1, 0.15) is 5.56 Å². The predicted octanol–water partition coefficient (Wildman–Crippen LogP) is 14.8. The van der Waals surface area contributed by atoms with Crippen LogP contribution in [0.3, 0.4) is 0 Å². The molecule has 9 aromatic carbocycles. The van der Waals surface area contributed by atoms with Crippen molar-refractivity contribution in [2.75, 3.05) is 0 Å². The number of aromatic nitrogens is 2. The fourth-order valence-electron chi connectivity index (χ4n) is 8.70. The lowest BCUT2D eigenvalue weighted by Crippen LogP contribution is -1.96. The standard InChI is InChI=1S/C57H35N3/c58-36-37-15-17-42(18-16-37)47-31-33-51-49-13-7-8-14-50(49)52-34-32-48(55(47)56(51)52)43-23-27-45(28-24-43)54-35-53(44-25-19-40(20-26-44)38-9-3-1-4-10-38)59-57(60-54)46-29-21-41(22-30-46)39-11-5-2-6-12-39/h1-35H. The third-order valence-electron chi connectivity index (χ3n) is 11.7. The maximum Gasteiger partial charge on any atom is 0.160 e. The maximum atomic E-state index is 9.54. The van der Waals surface area contributed by atoms with E-state index in [-0.39, 0.29) is 0 Å². The van der Waals surface area contributed by atoms with Crippen LogP contribution in [0.4, 0.5) is 0 Å². The fourth-order valence-corrected chi connectivity index (χ4v) is 8.70. The van der Waals surface area contributed by atoms with Crippen molar-refractivity contribution < 1.29 is 0 Å². The van der Waals surface area contributed by atoms with E-state index in [1.807, 2.05) is 24.3 Å². The summed E-state index contributed by atoms with van der Waals surface area (Å²) in [6.45, 7) is 0. The number of rotatable bonds is 7. The van der Waals surface area contributed by atoms with Crippen molar-refractivity contribution >= 4 is 10.8 Å². The molecule has 0 spiro atoms. The van der Waals surface area contributed by atoms with Crippen LogP contribution < -0.4 is 0 Å². The molecule has 1 heterocycles. The number of nitriles is 1. The van der Waals surface area contributed by atoms with Crippen LogP contribution in [0.25, 0.3) is 111 Å². The van der Waals surface area contributed by atoms with Crippen molar-refractivity contribution in [3.8, 4) is 107 Å². The van der Waals surface area contributed by atoms with Crippen molar-refractivity contribution in [3.05, 3.63) is 218 Å². The van der Waals surface area contributed by atoms with Crippen LogP contribution in [0.15, 0.2) is 212 Å². The first-order chi connectivity index (χ1) is 29.7. The molecule has 0 radical (unpaired) electrons. The molecule has 60 heavy (non-hydrogen) atoms. The quantitative estimate of drug-likeness (QED) is 0.162. The number of fused-ring (bicyclic) bond motifs is 3. The number of hydrogen-bond acceptors (Lipinski definition) is 3. The molecule has 10 aromatic rings.